The molecule has 9 heteroatoms. The molecule has 0 spiro atoms. The number of amides is 1. The second-order valence-corrected chi connectivity index (χ2v) is 12.7. The Morgan fingerprint density at radius 2 is 1.79 bits per heavy atom. The molecule has 4 rings (SSSR count). The maximum absolute atomic E-state index is 13.2. The van der Waals surface area contributed by atoms with Gasteiger partial charge in [0.25, 0.3) is 5.91 Å². The lowest BCUT2D eigenvalue weighted by Gasteiger charge is -2.26. The van der Waals surface area contributed by atoms with E-state index in [1.807, 2.05) is 11.8 Å². The standard InChI is InChI=1S/C25H35N3O4S2/c1-27-18-22(25(30)26-13-8-16-33-19-9-4-2-5-10-19)24(29)21-17-20(11-12-23(21)27)34(31,32)28-14-6-3-7-15-28/h11-12,17-19H,2-10,13-16H2,1H3,(H,26,30). The second-order valence-electron chi connectivity index (χ2n) is 9.37. The van der Waals surface area contributed by atoms with E-state index in [-0.39, 0.29) is 15.8 Å². The first kappa shape index (κ1) is 25.3. The van der Waals surface area contributed by atoms with Crippen LogP contribution in [-0.4, -0.2) is 53.8 Å². The van der Waals surface area contributed by atoms with Crippen molar-refractivity contribution in [3.8, 4) is 0 Å². The van der Waals surface area contributed by atoms with Gasteiger partial charge in [0.2, 0.25) is 15.5 Å². The first-order valence-electron chi connectivity index (χ1n) is 12.4. The smallest absolute Gasteiger partial charge is 0.256 e. The van der Waals surface area contributed by atoms with Crippen molar-refractivity contribution < 1.29 is 13.2 Å². The molecule has 2 aromatic rings. The van der Waals surface area contributed by atoms with Crippen LogP contribution < -0.4 is 10.7 Å². The Balaban J connectivity index is 1.46. The van der Waals surface area contributed by atoms with Gasteiger partial charge in [-0.3, -0.25) is 9.59 Å². The van der Waals surface area contributed by atoms with Gasteiger partial charge in [-0.15, -0.1) is 0 Å². The van der Waals surface area contributed by atoms with Crippen LogP contribution >= 0.6 is 11.8 Å². The van der Waals surface area contributed by atoms with E-state index in [1.165, 1.54) is 48.7 Å². The lowest BCUT2D eigenvalue weighted by molar-refractivity contribution is 0.0952. The van der Waals surface area contributed by atoms with Crippen molar-refractivity contribution in [1.29, 1.82) is 0 Å². The number of aryl methyl sites for hydroxylation is 1. The highest BCUT2D eigenvalue weighted by Crippen LogP contribution is 2.28. The fraction of sp³-hybridized carbons (Fsp3) is 0.600. The van der Waals surface area contributed by atoms with Crippen LogP contribution in [0, 0.1) is 0 Å². The number of thioether (sulfide) groups is 1. The number of pyridine rings is 1. The minimum Gasteiger partial charge on any atom is -0.352 e. The summed E-state index contributed by atoms with van der Waals surface area (Å²) >= 11 is 1.99. The summed E-state index contributed by atoms with van der Waals surface area (Å²) in [7, 11) is -1.90. The van der Waals surface area contributed by atoms with Crippen LogP contribution in [0.15, 0.2) is 34.1 Å². The van der Waals surface area contributed by atoms with Crippen molar-refractivity contribution in [1.82, 2.24) is 14.2 Å². The molecule has 0 radical (unpaired) electrons. The summed E-state index contributed by atoms with van der Waals surface area (Å²) in [5.74, 6) is 0.590. The summed E-state index contributed by atoms with van der Waals surface area (Å²) < 4.78 is 29.4. The first-order valence-corrected chi connectivity index (χ1v) is 14.9. The minimum atomic E-state index is -3.66. The number of nitrogens with one attached hydrogen (secondary N) is 1. The fourth-order valence-electron chi connectivity index (χ4n) is 4.90. The highest BCUT2D eigenvalue weighted by molar-refractivity contribution is 7.99. The van der Waals surface area contributed by atoms with Crippen molar-refractivity contribution >= 4 is 38.6 Å². The number of fused-ring (bicyclic) bond motifs is 1. The van der Waals surface area contributed by atoms with Crippen molar-refractivity contribution in [3.05, 3.63) is 40.2 Å². The van der Waals surface area contributed by atoms with Gasteiger partial charge in [-0.2, -0.15) is 16.1 Å². The van der Waals surface area contributed by atoms with Crippen LogP contribution in [0.1, 0.15) is 68.1 Å². The van der Waals surface area contributed by atoms with E-state index in [2.05, 4.69) is 5.32 Å². The Hall–Kier alpha value is -1.84. The third kappa shape index (κ3) is 5.69. The van der Waals surface area contributed by atoms with Gasteiger partial charge in [0.1, 0.15) is 5.56 Å². The van der Waals surface area contributed by atoms with Crippen LogP contribution in [0.25, 0.3) is 10.9 Å². The number of rotatable bonds is 8. The Labute approximate surface area is 206 Å². The molecule has 0 atom stereocenters. The lowest BCUT2D eigenvalue weighted by Crippen LogP contribution is -2.35. The number of aromatic nitrogens is 1. The number of carbonyl (C=O) groups is 1. The quantitative estimate of drug-likeness (QED) is 0.550. The van der Waals surface area contributed by atoms with Gasteiger partial charge in [-0.25, -0.2) is 8.42 Å². The zero-order chi connectivity index (χ0) is 24.1. The van der Waals surface area contributed by atoms with E-state index in [1.54, 1.807) is 23.7 Å². The Bertz CT molecular complexity index is 1180. The van der Waals surface area contributed by atoms with Crippen LogP contribution in [0.5, 0.6) is 0 Å². The maximum Gasteiger partial charge on any atom is 0.256 e. The van der Waals surface area contributed by atoms with Gasteiger partial charge in [0.05, 0.1) is 10.4 Å². The van der Waals surface area contributed by atoms with E-state index in [0.717, 1.165) is 36.7 Å². The second kappa shape index (κ2) is 11.3. The van der Waals surface area contributed by atoms with Crippen molar-refractivity contribution in [3.63, 3.8) is 0 Å². The van der Waals surface area contributed by atoms with Crippen molar-refractivity contribution in [2.24, 2.45) is 7.05 Å². The molecule has 2 aliphatic rings. The van der Waals surface area contributed by atoms with Crippen LogP contribution in [-0.2, 0) is 17.1 Å². The molecular formula is C25H35N3O4S2. The molecule has 0 bridgehead atoms. The molecule has 1 saturated carbocycles. The Kier molecular flexibility index (Phi) is 8.37. The van der Waals surface area contributed by atoms with E-state index in [0.29, 0.717) is 25.2 Å². The highest BCUT2D eigenvalue weighted by atomic mass is 32.2. The fourth-order valence-corrected chi connectivity index (χ4v) is 7.75. The molecule has 1 N–H and O–H groups in total. The summed E-state index contributed by atoms with van der Waals surface area (Å²) in [5, 5.41) is 3.87. The zero-order valence-electron chi connectivity index (χ0n) is 19.9. The molecular weight excluding hydrogens is 470 g/mol. The molecule has 1 aromatic carbocycles. The number of carbonyl (C=O) groups excluding carboxylic acids is 1. The molecule has 1 aromatic heterocycles. The van der Waals surface area contributed by atoms with Crippen LogP contribution in [0.2, 0.25) is 0 Å². The van der Waals surface area contributed by atoms with Gasteiger partial charge in [0, 0.05) is 43.5 Å². The third-order valence-corrected chi connectivity index (χ3v) is 10.2. The van der Waals surface area contributed by atoms with Gasteiger partial charge in [-0.1, -0.05) is 25.7 Å². The molecule has 7 nitrogen and oxygen atoms in total. The average Bonchev–Trinajstić information content (AvgIpc) is 2.86. The predicted molar refractivity (Wildman–Crippen MR) is 138 cm³/mol. The topological polar surface area (TPSA) is 88.5 Å². The highest BCUT2D eigenvalue weighted by Gasteiger charge is 2.27. The van der Waals surface area contributed by atoms with Crippen molar-refractivity contribution in [2.45, 2.75) is 67.9 Å². The molecule has 1 saturated heterocycles. The molecule has 1 aliphatic carbocycles. The molecule has 2 heterocycles. The summed E-state index contributed by atoms with van der Waals surface area (Å²) in [6, 6.07) is 4.63. The summed E-state index contributed by atoms with van der Waals surface area (Å²) in [6.07, 6.45) is 11.7. The molecule has 186 valence electrons. The van der Waals surface area contributed by atoms with E-state index in [4.69, 9.17) is 0 Å². The average molecular weight is 506 g/mol. The maximum atomic E-state index is 13.2. The van der Waals surface area contributed by atoms with E-state index < -0.39 is 21.4 Å². The molecule has 34 heavy (non-hydrogen) atoms. The SMILES string of the molecule is Cn1cc(C(=O)NCCCSC2CCCCC2)c(=O)c2cc(S(=O)(=O)N3CCCCC3)ccc21. The number of sulfonamides is 1. The van der Waals surface area contributed by atoms with Gasteiger partial charge in [0.15, 0.2) is 0 Å². The van der Waals surface area contributed by atoms with Gasteiger partial charge in [-0.05, 0) is 56.1 Å². The number of hydrogen-bond acceptors (Lipinski definition) is 5. The monoisotopic (exact) mass is 505 g/mol. The van der Waals surface area contributed by atoms with E-state index in [9.17, 15) is 18.0 Å². The number of piperidine rings is 1. The minimum absolute atomic E-state index is 0.0439. The molecule has 0 unspecified atom stereocenters. The largest absolute Gasteiger partial charge is 0.352 e. The van der Waals surface area contributed by atoms with Gasteiger partial charge >= 0.3 is 0 Å². The van der Waals surface area contributed by atoms with E-state index >= 15 is 0 Å². The van der Waals surface area contributed by atoms with Crippen LogP contribution in [0.4, 0.5) is 0 Å². The lowest BCUT2D eigenvalue weighted by atomic mass is 10.0. The number of hydrogen-bond donors (Lipinski definition) is 1. The van der Waals surface area contributed by atoms with Crippen molar-refractivity contribution in [2.75, 3.05) is 25.4 Å². The van der Waals surface area contributed by atoms with Crippen LogP contribution in [0.3, 0.4) is 0 Å². The summed E-state index contributed by atoms with van der Waals surface area (Å²) in [5.41, 5.74) is 0.211. The summed E-state index contributed by atoms with van der Waals surface area (Å²) in [4.78, 5) is 26.1. The third-order valence-electron chi connectivity index (χ3n) is 6.87. The number of benzene rings is 1. The molecule has 2 fully saturated rings. The van der Waals surface area contributed by atoms with Gasteiger partial charge < -0.3 is 9.88 Å². The number of nitrogens with zero attached hydrogens (tertiary/aromatic N) is 2. The molecule has 1 aliphatic heterocycles. The predicted octanol–water partition coefficient (Wildman–Crippen LogP) is 3.90. The first-order chi connectivity index (χ1) is 16.4. The Morgan fingerprint density at radius 3 is 2.53 bits per heavy atom. The Morgan fingerprint density at radius 1 is 1.09 bits per heavy atom. The zero-order valence-corrected chi connectivity index (χ0v) is 21.6. The normalized spacial score (nSPS) is 18.3. The molecule has 1 amide bonds. The summed E-state index contributed by atoms with van der Waals surface area (Å²) in [6.45, 7) is 1.52.